The number of rotatable bonds is 4. The van der Waals surface area contributed by atoms with E-state index < -0.39 is 28.8 Å². The van der Waals surface area contributed by atoms with Crippen molar-refractivity contribution in [2.24, 2.45) is 0 Å². The second-order valence-electron chi connectivity index (χ2n) is 6.72. The van der Waals surface area contributed by atoms with E-state index in [1.807, 2.05) is 19.1 Å². The third-order valence-corrected chi connectivity index (χ3v) is 4.63. The average Bonchev–Trinajstić information content (AvgIpc) is 3.11. The molecule has 5 nitrogen and oxygen atoms in total. The van der Waals surface area contributed by atoms with Crippen LogP contribution in [0.3, 0.4) is 0 Å². The van der Waals surface area contributed by atoms with E-state index in [0.29, 0.717) is 12.3 Å². The number of aryl methyl sites for hydroxylation is 1. The van der Waals surface area contributed by atoms with Crippen molar-refractivity contribution in [3.63, 3.8) is 0 Å². The number of halogens is 4. The van der Waals surface area contributed by atoms with Gasteiger partial charge in [0.05, 0.1) is 13.2 Å². The largest absolute Gasteiger partial charge is 0.493 e. The molecule has 0 fully saturated rings. The Labute approximate surface area is 162 Å². The normalized spacial score (nSPS) is 12.6. The van der Waals surface area contributed by atoms with Gasteiger partial charge < -0.3 is 14.6 Å². The highest BCUT2D eigenvalue weighted by Gasteiger charge is 2.17. The molecule has 3 aromatic rings. The molecule has 2 heterocycles. The van der Waals surface area contributed by atoms with Crippen LogP contribution in [0, 0.1) is 30.2 Å². The standard InChI is InChI=1S/C20H15F4N3O2/c1-10-4-17-12(2-3-29-17)7-16(10)25-20-26-19(28)15(23)9-27(20)8-11-5-13(21)18(24)14(22)6-11/h4-7,9H,2-3,8H2,1H3,(H,25,26,28). The fourth-order valence-electron chi connectivity index (χ4n) is 3.17. The summed E-state index contributed by atoms with van der Waals surface area (Å²) in [6.07, 6.45) is 1.60. The number of nitrogens with zero attached hydrogens (tertiary/aromatic N) is 2. The Hall–Kier alpha value is -3.36. The van der Waals surface area contributed by atoms with E-state index in [2.05, 4.69) is 10.3 Å². The second kappa shape index (κ2) is 7.23. The molecule has 9 heteroatoms. The van der Waals surface area contributed by atoms with Crippen molar-refractivity contribution in [1.29, 1.82) is 0 Å². The number of hydrogen-bond donors (Lipinski definition) is 1. The minimum atomic E-state index is -1.59. The summed E-state index contributed by atoms with van der Waals surface area (Å²) in [7, 11) is 0. The lowest BCUT2D eigenvalue weighted by Crippen LogP contribution is -2.20. The number of hydrogen-bond acceptors (Lipinski definition) is 4. The molecule has 0 saturated carbocycles. The summed E-state index contributed by atoms with van der Waals surface area (Å²) >= 11 is 0. The molecular weight excluding hydrogens is 390 g/mol. The molecule has 0 aliphatic carbocycles. The Balaban J connectivity index is 1.73. The van der Waals surface area contributed by atoms with Gasteiger partial charge in [-0.25, -0.2) is 13.2 Å². The lowest BCUT2D eigenvalue weighted by molar-refractivity contribution is 0.356. The Morgan fingerprint density at radius 3 is 2.55 bits per heavy atom. The number of nitrogens with one attached hydrogen (secondary N) is 1. The Morgan fingerprint density at radius 1 is 1.10 bits per heavy atom. The number of aromatic nitrogens is 2. The predicted octanol–water partition coefficient (Wildman–Crippen LogP) is 3.83. The van der Waals surface area contributed by atoms with Crippen LogP contribution in [0.4, 0.5) is 29.2 Å². The molecule has 0 radical (unpaired) electrons. The van der Waals surface area contributed by atoms with Crippen molar-refractivity contribution in [2.45, 2.75) is 19.9 Å². The molecule has 2 aromatic carbocycles. The minimum absolute atomic E-state index is 0.0245. The van der Waals surface area contributed by atoms with Gasteiger partial charge in [0.1, 0.15) is 5.75 Å². The lowest BCUT2D eigenvalue weighted by Gasteiger charge is -2.16. The van der Waals surface area contributed by atoms with E-state index in [9.17, 15) is 22.4 Å². The van der Waals surface area contributed by atoms with Crippen LogP contribution in [0.1, 0.15) is 16.7 Å². The zero-order valence-electron chi connectivity index (χ0n) is 15.2. The topological polar surface area (TPSA) is 56.2 Å². The summed E-state index contributed by atoms with van der Waals surface area (Å²) in [6.45, 7) is 2.15. The maximum Gasteiger partial charge on any atom is 0.310 e. The van der Waals surface area contributed by atoms with Crippen molar-refractivity contribution in [3.05, 3.63) is 80.8 Å². The first-order valence-electron chi connectivity index (χ1n) is 8.75. The Morgan fingerprint density at radius 2 is 1.83 bits per heavy atom. The molecule has 0 bridgehead atoms. The maximum atomic E-state index is 13.8. The van der Waals surface area contributed by atoms with E-state index in [1.54, 1.807) is 0 Å². The highest BCUT2D eigenvalue weighted by atomic mass is 19.2. The summed E-state index contributed by atoms with van der Waals surface area (Å²) in [6, 6.07) is 5.28. The van der Waals surface area contributed by atoms with Gasteiger partial charge in [0.2, 0.25) is 11.8 Å². The number of fused-ring (bicyclic) bond motifs is 1. The van der Waals surface area contributed by atoms with Crippen LogP contribution in [0.15, 0.2) is 35.3 Å². The van der Waals surface area contributed by atoms with Crippen molar-refractivity contribution < 1.29 is 22.3 Å². The highest BCUT2D eigenvalue weighted by molar-refractivity contribution is 5.63. The van der Waals surface area contributed by atoms with E-state index in [0.717, 1.165) is 41.6 Å². The van der Waals surface area contributed by atoms with Crippen LogP contribution in [-0.4, -0.2) is 16.2 Å². The summed E-state index contributed by atoms with van der Waals surface area (Å²) in [5.74, 6) is -4.69. The molecule has 1 aromatic heterocycles. The molecule has 0 saturated heterocycles. The number of ether oxygens (including phenoxy) is 1. The molecule has 0 spiro atoms. The zero-order valence-corrected chi connectivity index (χ0v) is 15.2. The molecule has 0 atom stereocenters. The smallest absolute Gasteiger partial charge is 0.310 e. The average molecular weight is 405 g/mol. The molecule has 29 heavy (non-hydrogen) atoms. The van der Waals surface area contributed by atoms with Crippen molar-refractivity contribution in [3.8, 4) is 5.75 Å². The summed E-state index contributed by atoms with van der Waals surface area (Å²) < 4.78 is 60.8. The van der Waals surface area contributed by atoms with Gasteiger partial charge >= 0.3 is 5.56 Å². The molecule has 150 valence electrons. The third-order valence-electron chi connectivity index (χ3n) is 4.63. The molecule has 1 N–H and O–H groups in total. The van der Waals surface area contributed by atoms with Gasteiger partial charge in [-0.2, -0.15) is 9.37 Å². The molecular formula is C20H15F4N3O2. The second-order valence-corrected chi connectivity index (χ2v) is 6.72. The van der Waals surface area contributed by atoms with Gasteiger partial charge in [-0.3, -0.25) is 4.79 Å². The minimum Gasteiger partial charge on any atom is -0.493 e. The SMILES string of the molecule is Cc1cc2c(cc1Nc1nc(=O)c(F)cn1Cc1cc(F)c(F)c(F)c1)CCO2. The van der Waals surface area contributed by atoms with Gasteiger partial charge in [0, 0.05) is 18.3 Å². The fraction of sp³-hybridized carbons (Fsp3) is 0.200. The molecule has 0 amide bonds. The van der Waals surface area contributed by atoms with Gasteiger partial charge in [-0.1, -0.05) is 0 Å². The lowest BCUT2D eigenvalue weighted by atomic mass is 10.1. The highest BCUT2D eigenvalue weighted by Crippen LogP contribution is 2.32. The quantitative estimate of drug-likeness (QED) is 0.530. The van der Waals surface area contributed by atoms with Crippen LogP contribution < -0.4 is 15.6 Å². The van der Waals surface area contributed by atoms with Crippen LogP contribution >= 0.6 is 0 Å². The van der Waals surface area contributed by atoms with Crippen LogP contribution in [0.5, 0.6) is 5.75 Å². The van der Waals surface area contributed by atoms with Crippen LogP contribution in [0.2, 0.25) is 0 Å². The Kier molecular flexibility index (Phi) is 4.73. The van der Waals surface area contributed by atoms with Crippen molar-refractivity contribution >= 4 is 11.6 Å². The summed E-state index contributed by atoms with van der Waals surface area (Å²) in [5.41, 5.74) is 1.35. The van der Waals surface area contributed by atoms with E-state index in [-0.39, 0.29) is 18.1 Å². The van der Waals surface area contributed by atoms with E-state index in [1.165, 1.54) is 4.57 Å². The van der Waals surface area contributed by atoms with Gasteiger partial charge in [-0.05, 0) is 47.9 Å². The van der Waals surface area contributed by atoms with Crippen LogP contribution in [-0.2, 0) is 13.0 Å². The first-order chi connectivity index (χ1) is 13.8. The first kappa shape index (κ1) is 19.0. The van der Waals surface area contributed by atoms with E-state index >= 15 is 0 Å². The van der Waals surface area contributed by atoms with Gasteiger partial charge in [0.15, 0.2) is 17.5 Å². The summed E-state index contributed by atoms with van der Waals surface area (Å²) in [4.78, 5) is 15.4. The molecule has 1 aliphatic heterocycles. The van der Waals surface area contributed by atoms with Crippen LogP contribution in [0.25, 0.3) is 0 Å². The predicted molar refractivity (Wildman–Crippen MR) is 97.5 cm³/mol. The van der Waals surface area contributed by atoms with Gasteiger partial charge in [0.25, 0.3) is 0 Å². The third kappa shape index (κ3) is 3.67. The Bertz CT molecular complexity index is 1150. The number of benzene rings is 2. The van der Waals surface area contributed by atoms with E-state index in [4.69, 9.17) is 4.74 Å². The van der Waals surface area contributed by atoms with Crippen molar-refractivity contribution in [1.82, 2.24) is 9.55 Å². The summed E-state index contributed by atoms with van der Waals surface area (Å²) in [5, 5.41) is 2.97. The monoisotopic (exact) mass is 405 g/mol. The molecule has 0 unspecified atom stereocenters. The van der Waals surface area contributed by atoms with Gasteiger partial charge in [-0.15, -0.1) is 0 Å². The first-order valence-corrected chi connectivity index (χ1v) is 8.75. The zero-order chi connectivity index (χ0) is 20.7. The maximum absolute atomic E-state index is 13.8. The van der Waals surface area contributed by atoms with Crippen molar-refractivity contribution in [2.75, 3.05) is 11.9 Å². The molecule has 4 rings (SSSR count). The molecule has 1 aliphatic rings. The number of anilines is 2. The fourth-order valence-corrected chi connectivity index (χ4v) is 3.17.